The Bertz CT molecular complexity index is 805. The molecule has 3 aromatic rings. The van der Waals surface area contributed by atoms with E-state index in [1.54, 1.807) is 14.0 Å². The van der Waals surface area contributed by atoms with Gasteiger partial charge in [-0.2, -0.15) is 5.10 Å². The third-order valence-corrected chi connectivity index (χ3v) is 4.34. The molecule has 0 aliphatic rings. The number of benzene rings is 2. The maximum absolute atomic E-state index is 10.6. The van der Waals surface area contributed by atoms with Gasteiger partial charge in [0, 0.05) is 5.56 Å². The molecule has 0 bridgehead atoms. The van der Waals surface area contributed by atoms with Gasteiger partial charge < -0.3 is 9.84 Å². The molecule has 0 aliphatic carbocycles. The van der Waals surface area contributed by atoms with Crippen molar-refractivity contribution in [1.29, 1.82) is 0 Å². The van der Waals surface area contributed by atoms with Gasteiger partial charge in [0.1, 0.15) is 11.4 Å². The van der Waals surface area contributed by atoms with Gasteiger partial charge in [0.2, 0.25) is 0 Å². The first kappa shape index (κ1) is 16.3. The second-order valence-electron chi connectivity index (χ2n) is 6.02. The smallest absolute Gasteiger partial charge is 0.118 e. The highest BCUT2D eigenvalue weighted by Gasteiger charge is 2.26. The topological polar surface area (TPSA) is 47.3 Å². The third-order valence-electron chi connectivity index (χ3n) is 4.34. The normalized spacial score (nSPS) is 13.5. The van der Waals surface area contributed by atoms with Crippen LogP contribution in [0.1, 0.15) is 26.0 Å². The van der Waals surface area contributed by atoms with Crippen molar-refractivity contribution in [3.63, 3.8) is 0 Å². The fraction of sp³-hybridized carbons (Fsp3) is 0.250. The molecule has 0 aliphatic heterocycles. The van der Waals surface area contributed by atoms with Crippen LogP contribution in [-0.2, 0) is 5.60 Å². The van der Waals surface area contributed by atoms with Gasteiger partial charge in [-0.15, -0.1) is 0 Å². The van der Waals surface area contributed by atoms with Crippen molar-refractivity contribution in [3.05, 3.63) is 66.4 Å². The Hall–Kier alpha value is -2.59. The summed E-state index contributed by atoms with van der Waals surface area (Å²) in [4.78, 5) is 0. The van der Waals surface area contributed by atoms with E-state index < -0.39 is 5.60 Å². The van der Waals surface area contributed by atoms with Gasteiger partial charge in [0.05, 0.1) is 24.2 Å². The fourth-order valence-corrected chi connectivity index (χ4v) is 2.56. The van der Waals surface area contributed by atoms with Crippen molar-refractivity contribution in [2.45, 2.75) is 25.9 Å². The molecule has 4 heteroatoms. The molecule has 0 amide bonds. The molecule has 1 heterocycles. The van der Waals surface area contributed by atoms with Crippen LogP contribution in [0.2, 0.25) is 0 Å². The summed E-state index contributed by atoms with van der Waals surface area (Å²) in [5.41, 5.74) is 2.63. The van der Waals surface area contributed by atoms with Gasteiger partial charge in [0.15, 0.2) is 0 Å². The van der Waals surface area contributed by atoms with Crippen LogP contribution in [0, 0.1) is 0 Å². The standard InChI is InChI=1S/C20H22N2O2/c1-4-20(2,23)19-14-18(15-10-12-17(24-3)13-11-15)22(21-19)16-8-6-5-7-9-16/h5-14,23H,4H2,1-3H3. The molecule has 0 saturated carbocycles. The Morgan fingerprint density at radius 2 is 1.75 bits per heavy atom. The van der Waals surface area contributed by atoms with Crippen LogP contribution in [-0.4, -0.2) is 22.0 Å². The lowest BCUT2D eigenvalue weighted by atomic mass is 9.98. The molecule has 1 unspecified atom stereocenters. The first-order chi connectivity index (χ1) is 11.5. The largest absolute Gasteiger partial charge is 0.497 e. The minimum atomic E-state index is -0.957. The van der Waals surface area contributed by atoms with Gasteiger partial charge in [-0.05, 0) is 55.8 Å². The van der Waals surface area contributed by atoms with Gasteiger partial charge in [-0.25, -0.2) is 4.68 Å². The van der Waals surface area contributed by atoms with Crippen molar-refractivity contribution in [3.8, 4) is 22.7 Å². The molecule has 4 nitrogen and oxygen atoms in total. The van der Waals surface area contributed by atoms with E-state index in [-0.39, 0.29) is 0 Å². The van der Waals surface area contributed by atoms with E-state index in [2.05, 4.69) is 5.10 Å². The molecule has 0 spiro atoms. The number of methoxy groups -OCH3 is 1. The number of hydrogen-bond donors (Lipinski definition) is 1. The molecular weight excluding hydrogens is 300 g/mol. The zero-order valence-electron chi connectivity index (χ0n) is 14.2. The van der Waals surface area contributed by atoms with E-state index in [0.29, 0.717) is 12.1 Å². The second kappa shape index (κ2) is 6.49. The SMILES string of the molecule is CCC(C)(O)c1cc(-c2ccc(OC)cc2)n(-c2ccccc2)n1. The maximum atomic E-state index is 10.6. The highest BCUT2D eigenvalue weighted by atomic mass is 16.5. The van der Waals surface area contributed by atoms with Gasteiger partial charge in [0.25, 0.3) is 0 Å². The highest BCUT2D eigenvalue weighted by molar-refractivity contribution is 5.64. The molecule has 3 rings (SSSR count). The van der Waals surface area contributed by atoms with E-state index in [4.69, 9.17) is 4.74 Å². The zero-order valence-corrected chi connectivity index (χ0v) is 14.2. The predicted octanol–water partition coefficient (Wildman–Crippen LogP) is 4.17. The van der Waals surface area contributed by atoms with Crippen molar-refractivity contribution < 1.29 is 9.84 Å². The third kappa shape index (κ3) is 3.05. The van der Waals surface area contributed by atoms with Crippen LogP contribution in [0.4, 0.5) is 0 Å². The maximum Gasteiger partial charge on any atom is 0.118 e. The average molecular weight is 322 g/mol. The summed E-state index contributed by atoms with van der Waals surface area (Å²) >= 11 is 0. The number of aromatic nitrogens is 2. The number of nitrogens with zero attached hydrogens (tertiary/aromatic N) is 2. The van der Waals surface area contributed by atoms with Crippen LogP contribution in [0.3, 0.4) is 0 Å². The van der Waals surface area contributed by atoms with Crippen LogP contribution in [0.25, 0.3) is 16.9 Å². The quantitative estimate of drug-likeness (QED) is 0.767. The van der Waals surface area contributed by atoms with Gasteiger partial charge in [-0.3, -0.25) is 0 Å². The molecule has 1 N–H and O–H groups in total. The minimum absolute atomic E-state index is 0.598. The lowest BCUT2D eigenvalue weighted by molar-refractivity contribution is 0.0481. The Kier molecular flexibility index (Phi) is 4.40. The van der Waals surface area contributed by atoms with Crippen molar-refractivity contribution >= 4 is 0 Å². The summed E-state index contributed by atoms with van der Waals surface area (Å²) in [5.74, 6) is 0.810. The summed E-state index contributed by atoms with van der Waals surface area (Å²) in [6.45, 7) is 3.75. The van der Waals surface area contributed by atoms with E-state index in [0.717, 1.165) is 22.7 Å². The van der Waals surface area contributed by atoms with Gasteiger partial charge >= 0.3 is 0 Å². The minimum Gasteiger partial charge on any atom is -0.497 e. The average Bonchev–Trinajstić information content (AvgIpc) is 3.09. The Morgan fingerprint density at radius 3 is 2.33 bits per heavy atom. The highest BCUT2D eigenvalue weighted by Crippen LogP contribution is 2.31. The molecule has 0 saturated heterocycles. The lowest BCUT2D eigenvalue weighted by Gasteiger charge is -2.17. The number of hydrogen-bond acceptors (Lipinski definition) is 3. The first-order valence-corrected chi connectivity index (χ1v) is 8.08. The van der Waals surface area contributed by atoms with E-state index in [9.17, 15) is 5.11 Å². The van der Waals surface area contributed by atoms with Gasteiger partial charge in [-0.1, -0.05) is 25.1 Å². The zero-order chi connectivity index (χ0) is 17.2. The van der Waals surface area contributed by atoms with Crippen molar-refractivity contribution in [1.82, 2.24) is 9.78 Å². The summed E-state index contributed by atoms with van der Waals surface area (Å²) in [7, 11) is 1.65. The number of rotatable bonds is 5. The molecular formula is C20H22N2O2. The molecule has 1 atom stereocenters. The fourth-order valence-electron chi connectivity index (χ4n) is 2.56. The molecule has 0 fully saturated rings. The van der Waals surface area contributed by atoms with Crippen molar-refractivity contribution in [2.24, 2.45) is 0 Å². The summed E-state index contributed by atoms with van der Waals surface area (Å²) < 4.78 is 7.11. The summed E-state index contributed by atoms with van der Waals surface area (Å²) in [6, 6.07) is 19.7. The Balaban J connectivity index is 2.15. The molecule has 24 heavy (non-hydrogen) atoms. The van der Waals surface area contributed by atoms with Crippen LogP contribution in [0.15, 0.2) is 60.7 Å². The molecule has 124 valence electrons. The lowest BCUT2D eigenvalue weighted by Crippen LogP contribution is -2.20. The van der Waals surface area contributed by atoms with E-state index >= 15 is 0 Å². The second-order valence-corrected chi connectivity index (χ2v) is 6.02. The molecule has 2 aromatic carbocycles. The van der Waals surface area contributed by atoms with Crippen molar-refractivity contribution in [2.75, 3.05) is 7.11 Å². The predicted molar refractivity (Wildman–Crippen MR) is 95.4 cm³/mol. The Morgan fingerprint density at radius 1 is 1.08 bits per heavy atom. The van der Waals surface area contributed by atoms with E-state index in [1.807, 2.05) is 72.3 Å². The molecule has 1 aromatic heterocycles. The van der Waals surface area contributed by atoms with Crippen LogP contribution >= 0.6 is 0 Å². The number of aliphatic hydroxyl groups is 1. The van der Waals surface area contributed by atoms with Crippen LogP contribution in [0.5, 0.6) is 5.75 Å². The summed E-state index contributed by atoms with van der Waals surface area (Å²) in [5, 5.41) is 15.3. The Labute approximate surface area is 142 Å². The van der Waals surface area contributed by atoms with E-state index in [1.165, 1.54) is 0 Å². The van der Waals surface area contributed by atoms with Crippen LogP contribution < -0.4 is 4.74 Å². The summed E-state index contributed by atoms with van der Waals surface area (Å²) in [6.07, 6.45) is 0.598. The molecule has 0 radical (unpaired) electrons. The monoisotopic (exact) mass is 322 g/mol. The number of para-hydroxylation sites is 1. The first-order valence-electron chi connectivity index (χ1n) is 8.08. The number of ether oxygens (including phenoxy) is 1.